The molecule has 0 saturated heterocycles. The zero-order valence-corrected chi connectivity index (χ0v) is 12.3. The third kappa shape index (κ3) is 3.45. The van der Waals surface area contributed by atoms with Crippen LogP contribution in [0.3, 0.4) is 0 Å². The van der Waals surface area contributed by atoms with Crippen molar-refractivity contribution in [3.05, 3.63) is 41.3 Å². The number of rotatable bonds is 3. The monoisotopic (exact) mass is 324 g/mol. The van der Waals surface area contributed by atoms with Gasteiger partial charge in [0.2, 0.25) is 10.0 Å². The Hall–Kier alpha value is -2.23. The lowest BCUT2D eigenvalue weighted by Crippen LogP contribution is -2.35. The third-order valence-corrected chi connectivity index (χ3v) is 4.44. The molecule has 0 saturated carbocycles. The van der Waals surface area contributed by atoms with E-state index >= 15 is 0 Å². The van der Waals surface area contributed by atoms with E-state index in [0.717, 1.165) is 4.88 Å². The average Bonchev–Trinajstić information content (AvgIpc) is 2.89. The van der Waals surface area contributed by atoms with Gasteiger partial charge in [-0.15, -0.1) is 11.3 Å². The second kappa shape index (κ2) is 5.64. The smallest absolute Gasteiger partial charge is 0.257 e. The Bertz CT molecular complexity index is 798. The van der Waals surface area contributed by atoms with Gasteiger partial charge < -0.3 is 5.73 Å². The molecule has 0 unspecified atom stereocenters. The summed E-state index contributed by atoms with van der Waals surface area (Å²) in [7, 11) is -4.00. The first-order valence-electron chi connectivity index (χ1n) is 5.65. The Labute approximate surface area is 125 Å². The summed E-state index contributed by atoms with van der Waals surface area (Å²) in [6, 6.07) is 7.65. The van der Waals surface area contributed by atoms with Crippen LogP contribution in [0.2, 0.25) is 0 Å². The van der Waals surface area contributed by atoms with Crippen molar-refractivity contribution in [2.75, 3.05) is 0 Å². The molecule has 7 nitrogen and oxygen atoms in total. The van der Waals surface area contributed by atoms with Crippen molar-refractivity contribution in [2.24, 2.45) is 10.9 Å². The minimum atomic E-state index is -4.00. The van der Waals surface area contributed by atoms with Gasteiger partial charge in [-0.25, -0.2) is 13.6 Å². The zero-order chi connectivity index (χ0) is 15.6. The number of primary sulfonamides is 1. The number of hydrogen-bond acceptors (Lipinski definition) is 5. The Kier molecular flexibility index (Phi) is 4.07. The molecule has 9 heteroatoms. The van der Waals surface area contributed by atoms with E-state index in [-0.39, 0.29) is 10.5 Å². The van der Waals surface area contributed by atoms with Gasteiger partial charge in [0.1, 0.15) is 0 Å². The molecule has 1 aromatic carbocycles. The first-order chi connectivity index (χ1) is 9.79. The Balaban J connectivity index is 2.56. The number of guanidine groups is 1. The van der Waals surface area contributed by atoms with Crippen molar-refractivity contribution in [3.8, 4) is 10.4 Å². The van der Waals surface area contributed by atoms with Crippen molar-refractivity contribution in [2.45, 2.75) is 4.90 Å². The maximum absolute atomic E-state index is 11.8. The molecule has 0 aliphatic rings. The molecule has 0 aliphatic carbocycles. The van der Waals surface area contributed by atoms with Crippen LogP contribution in [0.5, 0.6) is 0 Å². The molecule has 2 rings (SSSR count). The van der Waals surface area contributed by atoms with Gasteiger partial charge in [-0.3, -0.25) is 15.5 Å². The second-order valence-electron chi connectivity index (χ2n) is 4.10. The molecular formula is C12H12N4O3S2. The minimum absolute atomic E-state index is 0.0505. The van der Waals surface area contributed by atoms with Crippen LogP contribution in [0.15, 0.2) is 40.6 Å². The Morgan fingerprint density at radius 2 is 2.00 bits per heavy atom. The van der Waals surface area contributed by atoms with E-state index in [2.05, 4.69) is 5.32 Å². The molecule has 0 radical (unpaired) electrons. The van der Waals surface area contributed by atoms with Gasteiger partial charge in [0.05, 0.1) is 4.90 Å². The van der Waals surface area contributed by atoms with Crippen LogP contribution in [0.1, 0.15) is 10.4 Å². The summed E-state index contributed by atoms with van der Waals surface area (Å²) in [6.45, 7) is 0. The zero-order valence-electron chi connectivity index (χ0n) is 10.7. The summed E-state index contributed by atoms with van der Waals surface area (Å²) < 4.78 is 23.5. The number of carbonyl (C=O) groups is 1. The van der Waals surface area contributed by atoms with Crippen molar-refractivity contribution < 1.29 is 13.2 Å². The van der Waals surface area contributed by atoms with Crippen LogP contribution >= 0.6 is 11.3 Å². The number of sulfonamides is 1. The van der Waals surface area contributed by atoms with Gasteiger partial charge in [-0.2, -0.15) is 0 Å². The molecule has 6 N–H and O–H groups in total. The molecule has 0 aliphatic heterocycles. The molecule has 110 valence electrons. The first-order valence-corrected chi connectivity index (χ1v) is 8.08. The SMILES string of the molecule is N=C(N)NC(=O)c1ccc(-c2cccs2)c(S(N)(=O)=O)c1. The van der Waals surface area contributed by atoms with Gasteiger partial charge in [0.25, 0.3) is 5.91 Å². The third-order valence-electron chi connectivity index (χ3n) is 2.59. The molecule has 21 heavy (non-hydrogen) atoms. The van der Waals surface area contributed by atoms with Gasteiger partial charge in [0, 0.05) is 16.0 Å². The number of nitrogens with two attached hydrogens (primary N) is 2. The maximum atomic E-state index is 11.8. The Morgan fingerprint density at radius 3 is 2.52 bits per heavy atom. The van der Waals surface area contributed by atoms with E-state index in [1.807, 2.05) is 0 Å². The Morgan fingerprint density at radius 1 is 1.29 bits per heavy atom. The van der Waals surface area contributed by atoms with Crippen LogP contribution in [-0.4, -0.2) is 20.3 Å². The van der Waals surface area contributed by atoms with Gasteiger partial charge >= 0.3 is 0 Å². The van der Waals surface area contributed by atoms with Crippen LogP contribution in [-0.2, 0) is 10.0 Å². The lowest BCUT2D eigenvalue weighted by Gasteiger charge is -2.09. The highest BCUT2D eigenvalue weighted by Gasteiger charge is 2.19. The number of carbonyl (C=O) groups excluding carboxylic acids is 1. The highest BCUT2D eigenvalue weighted by atomic mass is 32.2. The summed E-state index contributed by atoms with van der Waals surface area (Å²) in [4.78, 5) is 12.3. The van der Waals surface area contributed by atoms with E-state index < -0.39 is 21.9 Å². The van der Waals surface area contributed by atoms with E-state index in [1.165, 1.54) is 29.5 Å². The van der Waals surface area contributed by atoms with Crippen LogP contribution < -0.4 is 16.2 Å². The normalized spacial score (nSPS) is 11.1. The topological polar surface area (TPSA) is 139 Å². The van der Waals surface area contributed by atoms with E-state index in [4.69, 9.17) is 16.3 Å². The van der Waals surface area contributed by atoms with Crippen molar-refractivity contribution in [3.63, 3.8) is 0 Å². The summed E-state index contributed by atoms with van der Waals surface area (Å²) >= 11 is 1.36. The van der Waals surface area contributed by atoms with Gasteiger partial charge in [0.15, 0.2) is 5.96 Å². The summed E-state index contributed by atoms with van der Waals surface area (Å²) in [5.74, 6) is -1.20. The number of hydrogen-bond donors (Lipinski definition) is 4. The van der Waals surface area contributed by atoms with Crippen LogP contribution in [0.25, 0.3) is 10.4 Å². The molecule has 1 aromatic heterocycles. The van der Waals surface area contributed by atoms with Crippen LogP contribution in [0, 0.1) is 5.41 Å². The van der Waals surface area contributed by atoms with Gasteiger partial charge in [-0.1, -0.05) is 12.1 Å². The summed E-state index contributed by atoms with van der Waals surface area (Å²) in [5.41, 5.74) is 5.55. The summed E-state index contributed by atoms with van der Waals surface area (Å²) in [6.07, 6.45) is 0. The second-order valence-corrected chi connectivity index (χ2v) is 6.58. The predicted molar refractivity (Wildman–Crippen MR) is 80.5 cm³/mol. The fraction of sp³-hybridized carbons (Fsp3) is 0. The number of benzene rings is 1. The molecule has 1 heterocycles. The molecule has 0 atom stereocenters. The van der Waals surface area contributed by atoms with E-state index in [0.29, 0.717) is 5.56 Å². The molecule has 0 bridgehead atoms. The lowest BCUT2D eigenvalue weighted by molar-refractivity contribution is 0.0976. The maximum Gasteiger partial charge on any atom is 0.257 e. The quantitative estimate of drug-likeness (QED) is 0.487. The standard InChI is InChI=1S/C12H12N4O3S2/c13-12(14)16-11(17)7-3-4-8(9-2-1-5-20-9)10(6-7)21(15,18)19/h1-6H,(H2,15,18,19)(H4,13,14,16,17). The molecular weight excluding hydrogens is 312 g/mol. The number of amides is 1. The van der Waals surface area contributed by atoms with Crippen molar-refractivity contribution >= 4 is 33.2 Å². The highest BCUT2D eigenvalue weighted by Crippen LogP contribution is 2.31. The predicted octanol–water partition coefficient (Wildman–Crippen LogP) is 0.686. The largest absolute Gasteiger partial charge is 0.370 e. The van der Waals surface area contributed by atoms with E-state index in [1.54, 1.807) is 17.5 Å². The van der Waals surface area contributed by atoms with E-state index in [9.17, 15) is 13.2 Å². The average molecular weight is 324 g/mol. The lowest BCUT2D eigenvalue weighted by atomic mass is 10.1. The fourth-order valence-electron chi connectivity index (χ4n) is 1.73. The van der Waals surface area contributed by atoms with Crippen LogP contribution in [0.4, 0.5) is 0 Å². The minimum Gasteiger partial charge on any atom is -0.370 e. The fourth-order valence-corrected chi connectivity index (χ4v) is 3.34. The molecule has 2 aromatic rings. The number of nitrogens with one attached hydrogen (secondary N) is 2. The molecule has 1 amide bonds. The molecule has 0 fully saturated rings. The van der Waals surface area contributed by atoms with Crippen molar-refractivity contribution in [1.29, 1.82) is 5.41 Å². The highest BCUT2D eigenvalue weighted by molar-refractivity contribution is 7.89. The van der Waals surface area contributed by atoms with Gasteiger partial charge in [-0.05, 0) is 23.6 Å². The van der Waals surface area contributed by atoms with Crippen molar-refractivity contribution in [1.82, 2.24) is 5.32 Å². The summed E-state index contributed by atoms with van der Waals surface area (Å²) in [5, 5.41) is 16.1. The number of thiophene rings is 1. The molecule has 0 spiro atoms. The first kappa shape index (κ1) is 15.2.